The van der Waals surface area contributed by atoms with Gasteiger partial charge in [0.05, 0.1) is 10.6 Å². The van der Waals surface area contributed by atoms with Crippen molar-refractivity contribution in [1.82, 2.24) is 4.57 Å². The topological polar surface area (TPSA) is 65.1 Å². The molecule has 0 unspecified atom stereocenters. The van der Waals surface area contributed by atoms with E-state index in [4.69, 9.17) is 5.14 Å². The van der Waals surface area contributed by atoms with E-state index < -0.39 is 22.3 Å². The van der Waals surface area contributed by atoms with Gasteiger partial charge in [0.25, 0.3) is 6.43 Å². The maximum Gasteiger partial charge on any atom is 0.265 e. The Morgan fingerprint density at radius 2 is 1.64 bits per heavy atom. The van der Waals surface area contributed by atoms with Crippen LogP contribution in [0.4, 0.5) is 13.2 Å². The molecule has 0 saturated carbocycles. The second-order valence-electron chi connectivity index (χ2n) is 5.35. The highest BCUT2D eigenvalue weighted by Gasteiger charge is 2.21. The van der Waals surface area contributed by atoms with Crippen LogP contribution in [-0.2, 0) is 10.0 Å². The Morgan fingerprint density at radius 3 is 2.24 bits per heavy atom. The highest BCUT2D eigenvalue weighted by atomic mass is 32.2. The third-order valence-electron chi connectivity index (χ3n) is 3.67. The zero-order valence-corrected chi connectivity index (χ0v) is 13.6. The van der Waals surface area contributed by atoms with Gasteiger partial charge in [0, 0.05) is 23.0 Å². The average molecular weight is 366 g/mol. The average Bonchev–Trinajstić information content (AvgIpc) is 3.00. The summed E-state index contributed by atoms with van der Waals surface area (Å²) in [4.78, 5) is -0.183. The molecule has 0 spiro atoms. The van der Waals surface area contributed by atoms with E-state index in [2.05, 4.69) is 0 Å². The summed E-state index contributed by atoms with van der Waals surface area (Å²) in [6, 6.07) is 12.2. The molecule has 25 heavy (non-hydrogen) atoms. The summed E-state index contributed by atoms with van der Waals surface area (Å²) in [5.74, 6) is -0.475. The third-order valence-corrected chi connectivity index (χ3v) is 4.64. The zero-order chi connectivity index (χ0) is 18.2. The van der Waals surface area contributed by atoms with Gasteiger partial charge in [-0.1, -0.05) is 18.2 Å². The fourth-order valence-electron chi connectivity index (χ4n) is 2.55. The Bertz CT molecular complexity index is 1010. The molecule has 0 atom stereocenters. The quantitative estimate of drug-likeness (QED) is 0.762. The first-order chi connectivity index (χ1) is 11.8. The molecule has 0 saturated heterocycles. The van der Waals surface area contributed by atoms with E-state index in [9.17, 15) is 21.6 Å². The van der Waals surface area contributed by atoms with Gasteiger partial charge in [-0.3, -0.25) is 0 Å². The van der Waals surface area contributed by atoms with Gasteiger partial charge in [-0.15, -0.1) is 0 Å². The van der Waals surface area contributed by atoms with Crippen molar-refractivity contribution in [1.29, 1.82) is 0 Å². The number of hydrogen-bond acceptors (Lipinski definition) is 2. The van der Waals surface area contributed by atoms with E-state index in [1.165, 1.54) is 59.3 Å². The number of benzene rings is 2. The fraction of sp³-hybridized carbons (Fsp3) is 0.0588. The number of sulfonamides is 1. The second kappa shape index (κ2) is 6.38. The lowest BCUT2D eigenvalue weighted by atomic mass is 10.1. The van der Waals surface area contributed by atoms with E-state index in [1.807, 2.05) is 0 Å². The number of nitrogens with two attached hydrogens (primary N) is 1. The molecule has 0 amide bonds. The predicted octanol–water partition coefficient (Wildman–Crippen LogP) is 3.87. The first-order valence-electron chi connectivity index (χ1n) is 7.16. The lowest BCUT2D eigenvalue weighted by Crippen LogP contribution is -2.13. The largest absolute Gasteiger partial charge is 0.316 e. The summed E-state index contributed by atoms with van der Waals surface area (Å²) >= 11 is 0. The molecule has 2 aromatic carbocycles. The molecular formula is C17H13F3N2O2S. The minimum Gasteiger partial charge on any atom is -0.316 e. The van der Waals surface area contributed by atoms with Gasteiger partial charge in [0.15, 0.2) is 0 Å². The molecule has 0 bridgehead atoms. The molecule has 1 heterocycles. The second-order valence-corrected chi connectivity index (χ2v) is 6.88. The lowest BCUT2D eigenvalue weighted by Gasteiger charge is -2.12. The number of rotatable bonds is 4. The maximum absolute atomic E-state index is 13.2. The summed E-state index contributed by atoms with van der Waals surface area (Å²) < 4.78 is 64.5. The van der Waals surface area contributed by atoms with E-state index in [1.54, 1.807) is 6.07 Å². The van der Waals surface area contributed by atoms with Crippen LogP contribution in [0.15, 0.2) is 65.7 Å². The standard InChI is InChI=1S/C17H13F3N2O2S/c18-12-5-7-13(8-6-12)22-10-11(17(19)20)9-15(22)14-3-1-2-4-16(14)25(21,23)24/h1-10,17H,(H2,21,23,24). The van der Waals surface area contributed by atoms with Crippen molar-refractivity contribution >= 4 is 10.0 Å². The normalized spacial score (nSPS) is 11.9. The Kier molecular flexibility index (Phi) is 4.40. The number of alkyl halides is 2. The SMILES string of the molecule is NS(=O)(=O)c1ccccc1-c1cc(C(F)F)cn1-c1ccc(F)cc1. The molecular weight excluding hydrogens is 353 g/mol. The lowest BCUT2D eigenvalue weighted by molar-refractivity contribution is 0.151. The summed E-state index contributed by atoms with van der Waals surface area (Å²) in [7, 11) is -4.06. The van der Waals surface area contributed by atoms with Crippen molar-refractivity contribution in [2.45, 2.75) is 11.3 Å². The Labute approximate surface area is 142 Å². The molecule has 130 valence electrons. The van der Waals surface area contributed by atoms with Crippen molar-refractivity contribution < 1.29 is 21.6 Å². The molecule has 3 aromatic rings. The smallest absolute Gasteiger partial charge is 0.265 e. The van der Waals surface area contributed by atoms with Gasteiger partial charge >= 0.3 is 0 Å². The molecule has 3 rings (SSSR count). The van der Waals surface area contributed by atoms with E-state index in [0.29, 0.717) is 5.69 Å². The molecule has 0 aliphatic heterocycles. The van der Waals surface area contributed by atoms with E-state index in [0.717, 1.165) is 0 Å². The first kappa shape index (κ1) is 17.2. The van der Waals surface area contributed by atoms with Crippen LogP contribution in [0.1, 0.15) is 12.0 Å². The minimum absolute atomic E-state index is 0.182. The number of aromatic nitrogens is 1. The van der Waals surface area contributed by atoms with Gasteiger partial charge < -0.3 is 4.57 Å². The number of primary sulfonamides is 1. The van der Waals surface area contributed by atoms with Gasteiger partial charge in [-0.05, 0) is 36.4 Å². The van der Waals surface area contributed by atoms with Gasteiger partial charge in [0.1, 0.15) is 5.82 Å². The molecule has 0 fully saturated rings. The zero-order valence-electron chi connectivity index (χ0n) is 12.7. The third kappa shape index (κ3) is 3.45. The molecule has 0 radical (unpaired) electrons. The molecule has 1 aromatic heterocycles. The van der Waals surface area contributed by atoms with E-state index in [-0.39, 0.29) is 21.7 Å². The fourth-order valence-corrected chi connectivity index (χ4v) is 3.30. The highest BCUT2D eigenvalue weighted by Crippen LogP contribution is 2.33. The number of nitrogens with zero attached hydrogens (tertiary/aromatic N) is 1. The monoisotopic (exact) mass is 366 g/mol. The summed E-state index contributed by atoms with van der Waals surface area (Å²) in [5.41, 5.74) is 0.517. The van der Waals surface area contributed by atoms with Crippen LogP contribution in [0.5, 0.6) is 0 Å². The van der Waals surface area contributed by atoms with Crippen molar-refractivity contribution in [3.8, 4) is 16.9 Å². The predicted molar refractivity (Wildman–Crippen MR) is 87.5 cm³/mol. The van der Waals surface area contributed by atoms with E-state index >= 15 is 0 Å². The number of hydrogen-bond donors (Lipinski definition) is 1. The van der Waals surface area contributed by atoms with Crippen LogP contribution in [0.2, 0.25) is 0 Å². The van der Waals surface area contributed by atoms with Crippen molar-refractivity contribution in [3.63, 3.8) is 0 Å². The van der Waals surface area contributed by atoms with Gasteiger partial charge in [-0.25, -0.2) is 26.7 Å². The Balaban J connectivity index is 2.28. The van der Waals surface area contributed by atoms with Crippen molar-refractivity contribution in [2.75, 3.05) is 0 Å². The van der Waals surface area contributed by atoms with Crippen LogP contribution in [-0.4, -0.2) is 13.0 Å². The maximum atomic E-state index is 13.2. The molecule has 0 aliphatic rings. The van der Waals surface area contributed by atoms with Crippen molar-refractivity contribution in [2.24, 2.45) is 5.14 Å². The highest BCUT2D eigenvalue weighted by molar-refractivity contribution is 7.89. The van der Waals surface area contributed by atoms with Crippen LogP contribution in [0.3, 0.4) is 0 Å². The van der Waals surface area contributed by atoms with Crippen LogP contribution < -0.4 is 5.14 Å². The first-order valence-corrected chi connectivity index (χ1v) is 8.70. The van der Waals surface area contributed by atoms with Crippen LogP contribution in [0, 0.1) is 5.82 Å². The Morgan fingerprint density at radius 1 is 1.00 bits per heavy atom. The van der Waals surface area contributed by atoms with Gasteiger partial charge in [-0.2, -0.15) is 0 Å². The summed E-state index contributed by atoms with van der Waals surface area (Å²) in [5, 5.41) is 5.24. The molecule has 8 heteroatoms. The van der Waals surface area contributed by atoms with Crippen molar-refractivity contribution in [3.05, 3.63) is 72.2 Å². The number of halogens is 3. The minimum atomic E-state index is -4.06. The Hall–Kier alpha value is -2.58. The molecule has 2 N–H and O–H groups in total. The van der Waals surface area contributed by atoms with Gasteiger partial charge in [0.2, 0.25) is 10.0 Å². The summed E-state index contributed by atoms with van der Waals surface area (Å²) in [6.07, 6.45) is -1.56. The summed E-state index contributed by atoms with van der Waals surface area (Å²) in [6.45, 7) is 0. The molecule has 0 aliphatic carbocycles. The molecule has 4 nitrogen and oxygen atoms in total. The van der Waals surface area contributed by atoms with Crippen LogP contribution >= 0.6 is 0 Å². The van der Waals surface area contributed by atoms with Crippen LogP contribution in [0.25, 0.3) is 16.9 Å².